The fourth-order valence-corrected chi connectivity index (χ4v) is 2.16. The van der Waals surface area contributed by atoms with Crippen LogP contribution in [0.15, 0.2) is 18.5 Å². The van der Waals surface area contributed by atoms with Crippen molar-refractivity contribution in [2.45, 2.75) is 59.3 Å². The Morgan fingerprint density at radius 3 is 2.55 bits per heavy atom. The Labute approximate surface area is 122 Å². The third-order valence-corrected chi connectivity index (χ3v) is 2.98. The maximum absolute atomic E-state index is 5.75. The standard InChI is InChI=1S/C16H28N2O2/c1-6-8-18-16(13(5)19-7-2)14-9-15(11-17-10-14)20-12(3)4/h9-13,16,18H,6-8H2,1-5H3. The molecule has 1 heterocycles. The van der Waals surface area contributed by atoms with Crippen molar-refractivity contribution in [3.8, 4) is 5.75 Å². The van der Waals surface area contributed by atoms with E-state index in [0.717, 1.165) is 24.3 Å². The molecule has 1 aromatic heterocycles. The molecule has 0 aromatic carbocycles. The largest absolute Gasteiger partial charge is 0.489 e. The number of nitrogens with one attached hydrogen (secondary N) is 1. The molecule has 1 rings (SSSR count). The number of nitrogens with zero attached hydrogens (tertiary/aromatic N) is 1. The number of hydrogen-bond acceptors (Lipinski definition) is 4. The quantitative estimate of drug-likeness (QED) is 0.753. The van der Waals surface area contributed by atoms with E-state index in [9.17, 15) is 0 Å². The van der Waals surface area contributed by atoms with Crippen molar-refractivity contribution in [2.75, 3.05) is 13.2 Å². The monoisotopic (exact) mass is 280 g/mol. The van der Waals surface area contributed by atoms with E-state index in [1.165, 1.54) is 0 Å². The van der Waals surface area contributed by atoms with E-state index >= 15 is 0 Å². The minimum Gasteiger partial charge on any atom is -0.489 e. The van der Waals surface area contributed by atoms with Crippen LogP contribution in [0, 0.1) is 0 Å². The molecule has 20 heavy (non-hydrogen) atoms. The summed E-state index contributed by atoms with van der Waals surface area (Å²) in [6, 6.07) is 2.19. The lowest BCUT2D eigenvalue weighted by Gasteiger charge is -2.25. The molecule has 0 fully saturated rings. The van der Waals surface area contributed by atoms with Crippen LogP contribution in [0.25, 0.3) is 0 Å². The highest BCUT2D eigenvalue weighted by atomic mass is 16.5. The zero-order chi connectivity index (χ0) is 15.0. The van der Waals surface area contributed by atoms with Crippen molar-refractivity contribution >= 4 is 0 Å². The molecule has 1 N–H and O–H groups in total. The highest BCUT2D eigenvalue weighted by Gasteiger charge is 2.20. The smallest absolute Gasteiger partial charge is 0.138 e. The maximum Gasteiger partial charge on any atom is 0.138 e. The Morgan fingerprint density at radius 2 is 1.95 bits per heavy atom. The summed E-state index contributed by atoms with van der Waals surface area (Å²) in [4.78, 5) is 4.29. The molecule has 0 aliphatic heterocycles. The number of aromatic nitrogens is 1. The lowest BCUT2D eigenvalue weighted by Crippen LogP contribution is -2.32. The normalized spacial score (nSPS) is 14.3. The van der Waals surface area contributed by atoms with Gasteiger partial charge in [-0.25, -0.2) is 0 Å². The van der Waals surface area contributed by atoms with Gasteiger partial charge in [0.1, 0.15) is 5.75 Å². The molecule has 2 atom stereocenters. The van der Waals surface area contributed by atoms with Crippen LogP contribution in [0.5, 0.6) is 5.75 Å². The van der Waals surface area contributed by atoms with Gasteiger partial charge >= 0.3 is 0 Å². The van der Waals surface area contributed by atoms with Gasteiger partial charge < -0.3 is 14.8 Å². The number of hydrogen-bond donors (Lipinski definition) is 1. The van der Waals surface area contributed by atoms with E-state index in [1.807, 2.05) is 27.0 Å². The van der Waals surface area contributed by atoms with Gasteiger partial charge in [0.15, 0.2) is 0 Å². The summed E-state index contributed by atoms with van der Waals surface area (Å²) in [5.74, 6) is 0.810. The maximum atomic E-state index is 5.75. The van der Waals surface area contributed by atoms with E-state index in [4.69, 9.17) is 9.47 Å². The summed E-state index contributed by atoms with van der Waals surface area (Å²) in [6.07, 6.45) is 4.98. The van der Waals surface area contributed by atoms with E-state index < -0.39 is 0 Å². The summed E-state index contributed by atoms with van der Waals surface area (Å²) < 4.78 is 11.5. The fraction of sp³-hybridized carbons (Fsp3) is 0.688. The van der Waals surface area contributed by atoms with Crippen LogP contribution in [-0.2, 0) is 4.74 Å². The van der Waals surface area contributed by atoms with E-state index in [1.54, 1.807) is 6.20 Å². The first kappa shape index (κ1) is 16.9. The van der Waals surface area contributed by atoms with Gasteiger partial charge in [-0.2, -0.15) is 0 Å². The number of rotatable bonds is 9. The Morgan fingerprint density at radius 1 is 1.20 bits per heavy atom. The first-order chi connectivity index (χ1) is 9.58. The van der Waals surface area contributed by atoms with Gasteiger partial charge in [0, 0.05) is 12.8 Å². The highest BCUT2D eigenvalue weighted by Crippen LogP contribution is 2.23. The van der Waals surface area contributed by atoms with E-state index in [-0.39, 0.29) is 18.2 Å². The number of ether oxygens (including phenoxy) is 2. The van der Waals surface area contributed by atoms with Crippen molar-refractivity contribution in [1.29, 1.82) is 0 Å². The first-order valence-corrected chi connectivity index (χ1v) is 7.55. The topological polar surface area (TPSA) is 43.4 Å². The second kappa shape index (κ2) is 8.93. The minimum atomic E-state index is 0.0997. The molecule has 114 valence electrons. The molecule has 4 heteroatoms. The molecule has 0 saturated carbocycles. The van der Waals surface area contributed by atoms with Crippen LogP contribution in [-0.4, -0.2) is 30.3 Å². The van der Waals surface area contributed by atoms with Crippen molar-refractivity contribution in [3.63, 3.8) is 0 Å². The fourth-order valence-electron chi connectivity index (χ4n) is 2.16. The zero-order valence-electron chi connectivity index (χ0n) is 13.3. The molecule has 0 bridgehead atoms. The van der Waals surface area contributed by atoms with Crippen molar-refractivity contribution in [3.05, 3.63) is 24.0 Å². The predicted molar refractivity (Wildman–Crippen MR) is 82.1 cm³/mol. The molecule has 1 aromatic rings. The predicted octanol–water partition coefficient (Wildman–Crippen LogP) is 3.33. The van der Waals surface area contributed by atoms with Crippen LogP contribution in [0.1, 0.15) is 52.6 Å². The summed E-state index contributed by atoms with van der Waals surface area (Å²) in [7, 11) is 0. The average molecular weight is 280 g/mol. The van der Waals surface area contributed by atoms with Crippen LogP contribution in [0.3, 0.4) is 0 Å². The van der Waals surface area contributed by atoms with E-state index in [0.29, 0.717) is 6.61 Å². The average Bonchev–Trinajstić information content (AvgIpc) is 2.39. The van der Waals surface area contributed by atoms with Crippen molar-refractivity contribution < 1.29 is 9.47 Å². The first-order valence-electron chi connectivity index (χ1n) is 7.55. The second-order valence-corrected chi connectivity index (χ2v) is 5.21. The van der Waals surface area contributed by atoms with Gasteiger partial charge in [0.2, 0.25) is 0 Å². The van der Waals surface area contributed by atoms with E-state index in [2.05, 4.69) is 30.2 Å². The summed E-state index contributed by atoms with van der Waals surface area (Å²) >= 11 is 0. The lowest BCUT2D eigenvalue weighted by atomic mass is 10.0. The summed E-state index contributed by atoms with van der Waals surface area (Å²) in [5.41, 5.74) is 1.11. The molecule has 0 radical (unpaired) electrons. The zero-order valence-corrected chi connectivity index (χ0v) is 13.3. The molecule has 0 amide bonds. The van der Waals surface area contributed by atoms with Crippen LogP contribution < -0.4 is 10.1 Å². The van der Waals surface area contributed by atoms with Gasteiger partial charge in [-0.3, -0.25) is 4.98 Å². The molecule has 0 spiro atoms. The highest BCUT2D eigenvalue weighted by molar-refractivity contribution is 5.27. The third-order valence-electron chi connectivity index (χ3n) is 2.98. The molecule has 0 saturated heterocycles. The number of pyridine rings is 1. The summed E-state index contributed by atoms with van der Waals surface area (Å²) in [6.45, 7) is 12.0. The van der Waals surface area contributed by atoms with Crippen LogP contribution in [0.4, 0.5) is 0 Å². The van der Waals surface area contributed by atoms with Gasteiger partial charge in [-0.15, -0.1) is 0 Å². The molecular weight excluding hydrogens is 252 g/mol. The second-order valence-electron chi connectivity index (χ2n) is 5.21. The molecule has 2 unspecified atom stereocenters. The molecule has 4 nitrogen and oxygen atoms in total. The van der Waals surface area contributed by atoms with Crippen molar-refractivity contribution in [2.24, 2.45) is 0 Å². The SMILES string of the molecule is CCCNC(c1cncc(OC(C)C)c1)C(C)OCC. The van der Waals surface area contributed by atoms with Crippen molar-refractivity contribution in [1.82, 2.24) is 10.3 Å². The van der Waals surface area contributed by atoms with Crippen LogP contribution >= 0.6 is 0 Å². The van der Waals surface area contributed by atoms with Gasteiger partial charge in [0.05, 0.1) is 24.4 Å². The minimum absolute atomic E-state index is 0.0997. The third kappa shape index (κ3) is 5.47. The van der Waals surface area contributed by atoms with Crippen LogP contribution in [0.2, 0.25) is 0 Å². The van der Waals surface area contributed by atoms with Gasteiger partial charge in [0.25, 0.3) is 0 Å². The van der Waals surface area contributed by atoms with Gasteiger partial charge in [-0.05, 0) is 52.3 Å². The molecular formula is C16H28N2O2. The summed E-state index contributed by atoms with van der Waals surface area (Å²) in [5, 5.41) is 3.53. The Hall–Kier alpha value is -1.13. The lowest BCUT2D eigenvalue weighted by molar-refractivity contribution is 0.0471. The molecule has 0 aliphatic rings. The Kier molecular flexibility index (Phi) is 7.55. The Bertz CT molecular complexity index is 382. The van der Waals surface area contributed by atoms with Gasteiger partial charge in [-0.1, -0.05) is 6.92 Å². The molecule has 0 aliphatic carbocycles. The Balaban J connectivity index is 2.88.